The second-order valence-corrected chi connectivity index (χ2v) is 9.98. The van der Waals surface area contributed by atoms with Gasteiger partial charge in [0.25, 0.3) is 0 Å². The third kappa shape index (κ3) is 5.23. The molecule has 0 N–H and O–H groups in total. The monoisotopic (exact) mass is 552 g/mol. The number of ether oxygens (including phenoxy) is 3. The molecule has 1 saturated carbocycles. The highest BCUT2D eigenvalue weighted by molar-refractivity contribution is 5.66. The summed E-state index contributed by atoms with van der Waals surface area (Å²) in [5.41, 5.74) is 2.86. The molecule has 2 fully saturated rings. The normalized spacial score (nSPS) is 17.3. The van der Waals surface area contributed by atoms with E-state index in [9.17, 15) is 13.2 Å². The van der Waals surface area contributed by atoms with Crippen molar-refractivity contribution in [2.45, 2.75) is 43.9 Å². The second kappa shape index (κ2) is 10.5. The van der Waals surface area contributed by atoms with E-state index in [4.69, 9.17) is 19.2 Å². The van der Waals surface area contributed by atoms with Gasteiger partial charge in [-0.2, -0.15) is 18.2 Å². The third-order valence-electron chi connectivity index (χ3n) is 7.13. The minimum absolute atomic E-state index is 0.106. The second-order valence-electron chi connectivity index (χ2n) is 9.98. The highest BCUT2D eigenvalue weighted by Crippen LogP contribution is 2.45. The summed E-state index contributed by atoms with van der Waals surface area (Å²) in [5.74, 6) is 1.95. The highest BCUT2D eigenvalue weighted by Gasteiger charge is 2.35. The summed E-state index contributed by atoms with van der Waals surface area (Å²) in [6.07, 6.45) is 2.67. The molecule has 1 atom stereocenters. The molecule has 0 radical (unpaired) electrons. The van der Waals surface area contributed by atoms with E-state index in [-0.39, 0.29) is 18.3 Å². The zero-order chi connectivity index (χ0) is 27.9. The Bertz CT molecular complexity index is 1510. The minimum atomic E-state index is -4.50. The number of nitrogens with zero attached hydrogens (tertiary/aromatic N) is 6. The minimum Gasteiger partial charge on any atom is -0.480 e. The molecule has 40 heavy (non-hydrogen) atoms. The van der Waals surface area contributed by atoms with Gasteiger partial charge in [0.1, 0.15) is 24.3 Å². The summed E-state index contributed by atoms with van der Waals surface area (Å²) in [4.78, 5) is 22.0. The summed E-state index contributed by atoms with van der Waals surface area (Å²) in [5, 5.41) is 0. The average Bonchev–Trinajstić information content (AvgIpc) is 3.50. The van der Waals surface area contributed by atoms with Gasteiger partial charge in [-0.1, -0.05) is 24.3 Å². The number of hydrogen-bond donors (Lipinski definition) is 0. The number of benzene rings is 1. The number of aryl methyl sites for hydroxylation is 1. The van der Waals surface area contributed by atoms with Crippen molar-refractivity contribution >= 4 is 0 Å². The fourth-order valence-corrected chi connectivity index (χ4v) is 4.86. The lowest BCUT2D eigenvalue weighted by Crippen LogP contribution is -2.09. The molecule has 3 aromatic heterocycles. The van der Waals surface area contributed by atoms with Gasteiger partial charge in [0.05, 0.1) is 19.4 Å². The number of halogens is 3. The van der Waals surface area contributed by atoms with Crippen LogP contribution in [-0.2, 0) is 24.6 Å². The third-order valence-corrected chi connectivity index (χ3v) is 7.13. The number of imidazole rings is 1. The van der Waals surface area contributed by atoms with Crippen LogP contribution in [0.4, 0.5) is 13.2 Å². The average molecular weight is 553 g/mol. The number of rotatable bonds is 8. The lowest BCUT2D eigenvalue weighted by atomic mass is 10.0. The lowest BCUT2D eigenvalue weighted by Gasteiger charge is -2.16. The first kappa shape index (κ1) is 26.2. The molecule has 4 aromatic rings. The van der Waals surface area contributed by atoms with Crippen LogP contribution < -0.4 is 9.47 Å². The van der Waals surface area contributed by atoms with Gasteiger partial charge in [-0.05, 0) is 24.8 Å². The molecule has 0 bridgehead atoms. The van der Waals surface area contributed by atoms with Gasteiger partial charge in [-0.3, -0.25) is 0 Å². The van der Waals surface area contributed by atoms with Crippen LogP contribution in [0.1, 0.15) is 53.6 Å². The summed E-state index contributed by atoms with van der Waals surface area (Å²) in [6.45, 7) is 1.41. The van der Waals surface area contributed by atoms with Crippen LogP contribution in [-0.4, -0.2) is 49.8 Å². The molecule has 1 aromatic carbocycles. The Hall–Kier alpha value is -4.06. The van der Waals surface area contributed by atoms with E-state index in [1.54, 1.807) is 37.6 Å². The van der Waals surface area contributed by atoms with E-state index in [2.05, 4.69) is 19.9 Å². The number of hydrogen-bond acceptors (Lipinski definition) is 8. The summed E-state index contributed by atoms with van der Waals surface area (Å²) >= 11 is 0. The maximum absolute atomic E-state index is 13.1. The molecule has 1 aliphatic heterocycles. The highest BCUT2D eigenvalue weighted by atomic mass is 19.4. The van der Waals surface area contributed by atoms with Gasteiger partial charge in [0.2, 0.25) is 11.8 Å². The first-order valence-corrected chi connectivity index (χ1v) is 13.0. The van der Waals surface area contributed by atoms with Crippen molar-refractivity contribution in [2.24, 2.45) is 7.05 Å². The molecule has 4 heterocycles. The Morgan fingerprint density at radius 3 is 2.45 bits per heavy atom. The lowest BCUT2D eigenvalue weighted by molar-refractivity contribution is -0.140. The van der Waals surface area contributed by atoms with E-state index >= 15 is 0 Å². The predicted octanol–water partition coefficient (Wildman–Crippen LogP) is 5.32. The maximum Gasteiger partial charge on any atom is 0.434 e. The van der Waals surface area contributed by atoms with Crippen LogP contribution in [0.5, 0.6) is 11.8 Å². The first-order valence-electron chi connectivity index (χ1n) is 13.0. The van der Waals surface area contributed by atoms with E-state index in [1.807, 2.05) is 0 Å². The van der Waals surface area contributed by atoms with Gasteiger partial charge in [-0.25, -0.2) is 19.9 Å². The molecule has 0 spiro atoms. The zero-order valence-corrected chi connectivity index (χ0v) is 22.0. The fourth-order valence-electron chi connectivity index (χ4n) is 4.86. The maximum atomic E-state index is 13.1. The van der Waals surface area contributed by atoms with Crippen LogP contribution in [0.25, 0.3) is 22.8 Å². The molecular formula is C28H27F3N6O3. The Morgan fingerprint density at radius 2 is 1.80 bits per heavy atom. The Balaban J connectivity index is 1.28. The molecule has 9 nitrogen and oxygen atoms in total. The van der Waals surface area contributed by atoms with Crippen molar-refractivity contribution in [1.82, 2.24) is 29.5 Å². The van der Waals surface area contributed by atoms with Crippen LogP contribution in [0.3, 0.4) is 0 Å². The zero-order valence-electron chi connectivity index (χ0n) is 22.0. The van der Waals surface area contributed by atoms with Crippen LogP contribution in [0.15, 0.2) is 43.0 Å². The first-order chi connectivity index (χ1) is 19.3. The molecule has 6 rings (SSSR count). The smallest absolute Gasteiger partial charge is 0.434 e. The Kier molecular flexibility index (Phi) is 6.87. The van der Waals surface area contributed by atoms with Gasteiger partial charge in [0.15, 0.2) is 11.5 Å². The largest absolute Gasteiger partial charge is 0.480 e. The van der Waals surface area contributed by atoms with Crippen molar-refractivity contribution in [2.75, 3.05) is 20.3 Å². The molecule has 12 heteroatoms. The van der Waals surface area contributed by atoms with Gasteiger partial charge in [-0.15, -0.1) is 0 Å². The van der Waals surface area contributed by atoms with Gasteiger partial charge < -0.3 is 18.8 Å². The van der Waals surface area contributed by atoms with Crippen molar-refractivity contribution in [3.05, 3.63) is 65.5 Å². The van der Waals surface area contributed by atoms with Crippen LogP contribution in [0, 0.1) is 0 Å². The number of aromatic nitrogens is 6. The van der Waals surface area contributed by atoms with E-state index in [0.29, 0.717) is 47.8 Å². The van der Waals surface area contributed by atoms with Crippen molar-refractivity contribution in [1.29, 1.82) is 0 Å². The van der Waals surface area contributed by atoms with Crippen molar-refractivity contribution in [3.8, 4) is 34.5 Å². The van der Waals surface area contributed by atoms with E-state index in [0.717, 1.165) is 42.3 Å². The topological polar surface area (TPSA) is 97.1 Å². The fraction of sp³-hybridized carbons (Fsp3) is 0.393. The van der Waals surface area contributed by atoms with Gasteiger partial charge in [0, 0.05) is 49.0 Å². The SMILES string of the molecule is COc1ncnc(C2CC2)c1-c1ncc(C2CCOC2)c(OCc2ccc(-c3nc(C(F)(F)F)cn3C)cc2)n1. The summed E-state index contributed by atoms with van der Waals surface area (Å²) < 4.78 is 58.0. The molecular weight excluding hydrogens is 525 g/mol. The standard InChI is InChI=1S/C28H27F3N6O3/c1-37-12-21(28(29,30)31)35-25(37)18-5-3-16(4-6-18)13-40-26-20(19-9-10-39-14-19)11-32-24(36-26)22-23(17-7-8-17)33-15-34-27(22)38-2/h3-6,11-12,15,17,19H,7-10,13-14H2,1-2H3. The van der Waals surface area contributed by atoms with Crippen molar-refractivity contribution in [3.63, 3.8) is 0 Å². The van der Waals surface area contributed by atoms with E-state index in [1.165, 1.54) is 17.9 Å². The Labute approximate surface area is 228 Å². The summed E-state index contributed by atoms with van der Waals surface area (Å²) in [7, 11) is 3.10. The molecule has 1 aliphatic carbocycles. The molecule has 1 saturated heterocycles. The quantitative estimate of drug-likeness (QED) is 0.290. The molecule has 2 aliphatic rings. The predicted molar refractivity (Wildman–Crippen MR) is 138 cm³/mol. The van der Waals surface area contributed by atoms with Crippen LogP contribution in [0.2, 0.25) is 0 Å². The number of alkyl halides is 3. The molecule has 208 valence electrons. The van der Waals surface area contributed by atoms with E-state index < -0.39 is 11.9 Å². The van der Waals surface area contributed by atoms with Crippen molar-refractivity contribution < 1.29 is 27.4 Å². The molecule has 1 unspecified atom stereocenters. The Morgan fingerprint density at radius 1 is 1.00 bits per heavy atom. The van der Waals surface area contributed by atoms with Gasteiger partial charge >= 0.3 is 6.18 Å². The number of methoxy groups -OCH3 is 1. The van der Waals surface area contributed by atoms with Crippen LogP contribution >= 0.6 is 0 Å². The molecule has 0 amide bonds. The summed E-state index contributed by atoms with van der Waals surface area (Å²) in [6, 6.07) is 7.06.